The molecular formula is C45H74O10. The fraction of sp³-hybridized carbons (Fsp3) is 0.800. The van der Waals surface area contributed by atoms with E-state index in [-0.39, 0.29) is 47.6 Å². The summed E-state index contributed by atoms with van der Waals surface area (Å²) in [6, 6.07) is 0. The maximum absolute atomic E-state index is 13.5. The van der Waals surface area contributed by atoms with Crippen LogP contribution in [-0.2, 0) is 28.6 Å². The van der Waals surface area contributed by atoms with E-state index in [1.165, 1.54) is 6.08 Å². The summed E-state index contributed by atoms with van der Waals surface area (Å²) in [5.41, 5.74) is 0. The molecule has 0 aliphatic carbocycles. The lowest BCUT2D eigenvalue weighted by Crippen LogP contribution is -2.62. The highest BCUT2D eigenvalue weighted by Crippen LogP contribution is 2.49. The van der Waals surface area contributed by atoms with Crippen LogP contribution in [0, 0.1) is 59.2 Å². The zero-order valence-corrected chi connectivity index (χ0v) is 35.5. The van der Waals surface area contributed by atoms with Crippen molar-refractivity contribution in [3.63, 3.8) is 0 Å². The van der Waals surface area contributed by atoms with Crippen LogP contribution in [0.2, 0.25) is 0 Å². The Morgan fingerprint density at radius 2 is 1.36 bits per heavy atom. The third-order valence-corrected chi connectivity index (χ3v) is 13.4. The molecule has 2 saturated heterocycles. The van der Waals surface area contributed by atoms with Crippen LogP contribution in [0.3, 0.4) is 0 Å². The van der Waals surface area contributed by atoms with Crippen molar-refractivity contribution in [3.05, 3.63) is 36.5 Å². The van der Waals surface area contributed by atoms with Gasteiger partial charge in [0.1, 0.15) is 17.7 Å². The van der Waals surface area contributed by atoms with Gasteiger partial charge in [0, 0.05) is 53.9 Å². The van der Waals surface area contributed by atoms with Crippen molar-refractivity contribution < 1.29 is 49.0 Å². The van der Waals surface area contributed by atoms with E-state index in [1.807, 2.05) is 32.1 Å². The monoisotopic (exact) mass is 775 g/mol. The van der Waals surface area contributed by atoms with E-state index in [9.17, 15) is 34.8 Å². The zero-order chi connectivity index (χ0) is 41.4. The minimum atomic E-state index is -1.30. The summed E-state index contributed by atoms with van der Waals surface area (Å²) in [7, 11) is 0. The highest BCUT2D eigenvalue weighted by molar-refractivity contribution is 5.87. The molecule has 18 atom stereocenters. The molecule has 10 heteroatoms. The summed E-state index contributed by atoms with van der Waals surface area (Å²) in [5.74, 6) is -6.53. The number of ether oxygens (including phenoxy) is 3. The molecule has 10 nitrogen and oxygen atoms in total. The van der Waals surface area contributed by atoms with Crippen molar-refractivity contribution in [1.29, 1.82) is 0 Å². The SMILES string of the molecule is CC[C@@H]1/C=C\C=C/C[C@H](C)[C@H](O)[C@H](C)C(=O)[C@H](C)[C@H](O)[C@H](C)C(=O)[C@H](C)[C@H](O)[C@H](C)/C=C\C(=O)O[C@H]2[C@H](C)[C@@H](CC1)O[C@]1(CC[C@H](C)[C@H](C[C@@H](C)O)O1)[C@@H]2C. The van der Waals surface area contributed by atoms with Gasteiger partial charge in [-0.3, -0.25) is 9.59 Å². The Morgan fingerprint density at radius 1 is 0.764 bits per heavy atom. The number of esters is 1. The standard InChI is InChI=1S/C45H74O10/c1-12-35-17-15-13-14-16-26(3)39(48)30(7)41(50)32(9)43(52)33(10)42(51)31(8)40(49)27(4)18-21-38(47)53-44-29(6)36(20-19-35)54-45(34(44)11)23-22-25(2)37(55-45)24-28(5)46/h13-15,17-18,21,25-37,39-40,43-44,46,48-49,52H,12,16,19-20,22-24H2,1-11H3/b14-13-,17-15-,21-18-/t25-,26-,27+,28+,29+,30-,31+,32-,33+,34+,35+,36+,37-,39-,40+,43-,44-,45-/m0/s1. The number of carbonyl (C=O) groups excluding carboxylic acids is 3. The van der Waals surface area contributed by atoms with Crippen LogP contribution in [0.4, 0.5) is 0 Å². The van der Waals surface area contributed by atoms with Crippen molar-refractivity contribution in [2.45, 2.75) is 170 Å². The molecule has 3 heterocycles. The molecule has 4 N–H and O–H groups in total. The van der Waals surface area contributed by atoms with Gasteiger partial charge in [-0.1, -0.05) is 99.6 Å². The summed E-state index contributed by atoms with van der Waals surface area (Å²) < 4.78 is 20.0. The summed E-state index contributed by atoms with van der Waals surface area (Å²) in [6.07, 6.45) is 11.1. The molecule has 2 bridgehead atoms. The predicted octanol–water partition coefficient (Wildman–Crippen LogP) is 6.77. The molecule has 0 aromatic rings. The smallest absolute Gasteiger partial charge is 0.330 e. The molecule has 0 radical (unpaired) electrons. The van der Waals surface area contributed by atoms with Gasteiger partial charge in [-0.2, -0.15) is 0 Å². The van der Waals surface area contributed by atoms with E-state index < -0.39 is 77.6 Å². The molecular weight excluding hydrogens is 700 g/mol. The Hall–Kier alpha value is -2.21. The largest absolute Gasteiger partial charge is 0.458 e. The lowest BCUT2D eigenvalue weighted by Gasteiger charge is -2.55. The molecule has 0 unspecified atom stereocenters. The van der Waals surface area contributed by atoms with Gasteiger partial charge in [-0.25, -0.2) is 4.79 Å². The van der Waals surface area contributed by atoms with E-state index in [4.69, 9.17) is 14.2 Å². The van der Waals surface area contributed by atoms with Crippen LogP contribution in [0.25, 0.3) is 0 Å². The van der Waals surface area contributed by atoms with E-state index in [2.05, 4.69) is 26.8 Å². The van der Waals surface area contributed by atoms with Gasteiger partial charge >= 0.3 is 5.97 Å². The van der Waals surface area contributed by atoms with Crippen molar-refractivity contribution in [2.75, 3.05) is 0 Å². The molecule has 3 rings (SSSR count). The summed E-state index contributed by atoms with van der Waals surface area (Å²) in [4.78, 5) is 40.4. The number of fused-ring (bicyclic) bond motifs is 2. The van der Waals surface area contributed by atoms with Gasteiger partial charge in [0.15, 0.2) is 5.79 Å². The van der Waals surface area contributed by atoms with E-state index in [1.54, 1.807) is 47.6 Å². The fourth-order valence-electron chi connectivity index (χ4n) is 8.95. The Morgan fingerprint density at radius 3 is 1.96 bits per heavy atom. The molecule has 314 valence electrons. The molecule has 3 aliphatic rings. The topological polar surface area (TPSA) is 160 Å². The molecule has 0 amide bonds. The van der Waals surface area contributed by atoms with E-state index >= 15 is 0 Å². The number of ketones is 2. The quantitative estimate of drug-likeness (QED) is 0.226. The number of carbonyl (C=O) groups is 3. The van der Waals surface area contributed by atoms with Crippen LogP contribution in [0.1, 0.15) is 121 Å². The number of hydrogen-bond donors (Lipinski definition) is 4. The highest BCUT2D eigenvalue weighted by atomic mass is 16.7. The Labute approximate surface area is 331 Å². The second kappa shape index (κ2) is 21.0. The number of aliphatic hydroxyl groups excluding tert-OH is 4. The first-order chi connectivity index (χ1) is 25.8. The molecule has 3 aliphatic heterocycles. The minimum Gasteiger partial charge on any atom is -0.458 e. The van der Waals surface area contributed by atoms with E-state index in [0.717, 1.165) is 25.7 Å². The number of hydrogen-bond acceptors (Lipinski definition) is 10. The van der Waals surface area contributed by atoms with Gasteiger partial charge < -0.3 is 34.6 Å². The summed E-state index contributed by atoms with van der Waals surface area (Å²) in [6.45, 7) is 20.1. The van der Waals surface area contributed by atoms with Gasteiger partial charge in [0.05, 0.1) is 36.6 Å². The molecule has 0 saturated carbocycles. The second-order valence-corrected chi connectivity index (χ2v) is 17.7. The molecule has 0 aromatic carbocycles. The van der Waals surface area contributed by atoms with Crippen LogP contribution in [-0.4, -0.2) is 86.5 Å². The lowest BCUT2D eigenvalue weighted by molar-refractivity contribution is -0.371. The highest BCUT2D eigenvalue weighted by Gasteiger charge is 2.56. The fourth-order valence-corrected chi connectivity index (χ4v) is 8.95. The predicted molar refractivity (Wildman–Crippen MR) is 213 cm³/mol. The third-order valence-electron chi connectivity index (χ3n) is 13.4. The van der Waals surface area contributed by atoms with Crippen LogP contribution < -0.4 is 0 Å². The van der Waals surface area contributed by atoms with E-state index in [0.29, 0.717) is 19.3 Å². The van der Waals surface area contributed by atoms with Gasteiger partial charge in [0.2, 0.25) is 0 Å². The molecule has 55 heavy (non-hydrogen) atoms. The zero-order valence-electron chi connectivity index (χ0n) is 35.5. The van der Waals surface area contributed by atoms with Gasteiger partial charge in [-0.05, 0) is 63.2 Å². The average Bonchev–Trinajstić information content (AvgIpc) is 3.16. The first kappa shape index (κ1) is 47.2. The summed E-state index contributed by atoms with van der Waals surface area (Å²) in [5, 5.41) is 43.8. The van der Waals surface area contributed by atoms with Gasteiger partial charge in [0.25, 0.3) is 0 Å². The molecule has 2 fully saturated rings. The van der Waals surface area contributed by atoms with Gasteiger partial charge in [-0.15, -0.1) is 0 Å². The average molecular weight is 775 g/mol. The Bertz CT molecular complexity index is 1340. The Balaban J connectivity index is 1.97. The molecule has 0 aromatic heterocycles. The molecule has 1 spiro atoms. The number of rotatable bonds is 3. The van der Waals surface area contributed by atoms with Crippen molar-refractivity contribution >= 4 is 17.5 Å². The number of allylic oxidation sites excluding steroid dienone is 4. The normalized spacial score (nSPS) is 46.1. The summed E-state index contributed by atoms with van der Waals surface area (Å²) >= 11 is 0. The maximum Gasteiger partial charge on any atom is 0.330 e. The van der Waals surface area contributed by atoms with Crippen molar-refractivity contribution in [3.8, 4) is 0 Å². The Kier molecular flexibility index (Phi) is 18.0. The first-order valence-corrected chi connectivity index (χ1v) is 21.1. The van der Waals surface area contributed by atoms with Crippen LogP contribution in [0.5, 0.6) is 0 Å². The third kappa shape index (κ3) is 11.9. The van der Waals surface area contributed by atoms with Crippen molar-refractivity contribution in [2.24, 2.45) is 59.2 Å². The minimum absolute atomic E-state index is 0.144. The maximum atomic E-state index is 13.5. The second-order valence-electron chi connectivity index (χ2n) is 17.7. The lowest BCUT2D eigenvalue weighted by atomic mass is 9.74. The number of aliphatic hydroxyl groups is 4. The first-order valence-electron chi connectivity index (χ1n) is 21.1. The van der Waals surface area contributed by atoms with Crippen molar-refractivity contribution in [1.82, 2.24) is 0 Å². The van der Waals surface area contributed by atoms with Crippen LogP contribution >= 0.6 is 0 Å². The van der Waals surface area contributed by atoms with Crippen LogP contribution in [0.15, 0.2) is 36.5 Å². The number of Topliss-reactive ketones (excluding diaryl/α,β-unsaturated/α-hetero) is 2.